The van der Waals surface area contributed by atoms with Gasteiger partial charge in [0.2, 0.25) is 11.8 Å². The van der Waals surface area contributed by atoms with Gasteiger partial charge in [0.05, 0.1) is 10.6 Å². The van der Waals surface area contributed by atoms with Crippen molar-refractivity contribution >= 4 is 62.3 Å². The van der Waals surface area contributed by atoms with Crippen LogP contribution in [0.15, 0.2) is 102 Å². The first-order valence-electron chi connectivity index (χ1n) is 14.8. The van der Waals surface area contributed by atoms with Gasteiger partial charge in [-0.1, -0.05) is 109 Å². The van der Waals surface area contributed by atoms with Crippen LogP contribution >= 0.6 is 34.8 Å². The van der Waals surface area contributed by atoms with Crippen LogP contribution in [0.4, 0.5) is 5.69 Å². The maximum atomic E-state index is 14.6. The lowest BCUT2D eigenvalue weighted by Crippen LogP contribution is -2.53. The number of carbonyl (C=O) groups is 2. The fourth-order valence-corrected chi connectivity index (χ4v) is 6.87. The topological polar surface area (TPSA) is 86.8 Å². The summed E-state index contributed by atoms with van der Waals surface area (Å²) in [7, 11) is -4.24. The maximum absolute atomic E-state index is 14.6. The molecule has 4 aromatic rings. The molecule has 0 aliphatic heterocycles. The molecule has 0 spiro atoms. The molecule has 0 bridgehead atoms. The van der Waals surface area contributed by atoms with Gasteiger partial charge in [-0.05, 0) is 65.9 Å². The highest BCUT2D eigenvalue weighted by atomic mass is 35.5. The average molecular weight is 701 g/mol. The SMILES string of the molecule is Cc1ccc(N(CC(=O)N(Cc2ccc(Cl)cc2Cl)C(Cc2ccccc2)C(=O)NCC(C)C)S(=O)(=O)c2ccccc2)cc1Cl. The number of nitrogens with zero attached hydrogens (tertiary/aromatic N) is 2. The van der Waals surface area contributed by atoms with Crippen LogP contribution in [0.1, 0.15) is 30.5 Å². The first kappa shape index (κ1) is 35.3. The van der Waals surface area contributed by atoms with E-state index >= 15 is 0 Å². The molecule has 0 saturated heterocycles. The van der Waals surface area contributed by atoms with Crippen LogP contribution in [-0.4, -0.2) is 44.3 Å². The number of rotatable bonds is 13. The smallest absolute Gasteiger partial charge is 0.264 e. The van der Waals surface area contributed by atoms with Gasteiger partial charge in [0.25, 0.3) is 10.0 Å². The van der Waals surface area contributed by atoms with Gasteiger partial charge in [-0.3, -0.25) is 13.9 Å². The standard InChI is InChI=1S/C35H36Cl3N3O4S/c1-24(2)21-39-35(43)33(18-26-10-6-4-7-11-26)40(22-27-15-16-28(36)19-32(27)38)34(42)23-41(29-17-14-25(3)31(37)20-29)46(44,45)30-12-8-5-9-13-30/h4-17,19-20,24,33H,18,21-23H2,1-3H3,(H,39,43). The van der Waals surface area contributed by atoms with E-state index < -0.39 is 28.5 Å². The summed E-state index contributed by atoms with van der Waals surface area (Å²) >= 11 is 19.2. The van der Waals surface area contributed by atoms with E-state index in [1.807, 2.05) is 44.2 Å². The third kappa shape index (κ3) is 9.04. The Kier molecular flexibility index (Phi) is 12.1. The van der Waals surface area contributed by atoms with Crippen LogP contribution in [0.2, 0.25) is 15.1 Å². The molecule has 1 unspecified atom stereocenters. The van der Waals surface area contributed by atoms with Crippen LogP contribution in [0.25, 0.3) is 0 Å². The summed E-state index contributed by atoms with van der Waals surface area (Å²) in [5, 5.41) is 4.04. The van der Waals surface area contributed by atoms with Crippen LogP contribution in [0.3, 0.4) is 0 Å². The zero-order valence-corrected chi connectivity index (χ0v) is 28.9. The summed E-state index contributed by atoms with van der Waals surface area (Å²) in [4.78, 5) is 29.8. The van der Waals surface area contributed by atoms with E-state index in [0.717, 1.165) is 15.4 Å². The Morgan fingerprint density at radius 1 is 0.826 bits per heavy atom. The second kappa shape index (κ2) is 15.8. The van der Waals surface area contributed by atoms with Gasteiger partial charge in [0, 0.05) is 34.6 Å². The van der Waals surface area contributed by atoms with Crippen molar-refractivity contribution in [3.8, 4) is 0 Å². The Bertz CT molecular complexity index is 1770. The van der Waals surface area contributed by atoms with E-state index in [0.29, 0.717) is 27.2 Å². The zero-order valence-electron chi connectivity index (χ0n) is 25.8. The van der Waals surface area contributed by atoms with Crippen molar-refractivity contribution in [1.82, 2.24) is 10.2 Å². The van der Waals surface area contributed by atoms with Crippen molar-refractivity contribution in [1.29, 1.82) is 0 Å². The molecule has 0 aliphatic carbocycles. The fraction of sp³-hybridized carbons (Fsp3) is 0.257. The van der Waals surface area contributed by atoms with Crippen LogP contribution in [0.5, 0.6) is 0 Å². The van der Waals surface area contributed by atoms with Crippen molar-refractivity contribution < 1.29 is 18.0 Å². The van der Waals surface area contributed by atoms with Crippen molar-refractivity contribution in [2.24, 2.45) is 5.92 Å². The first-order valence-corrected chi connectivity index (χ1v) is 17.3. The van der Waals surface area contributed by atoms with Gasteiger partial charge in [-0.2, -0.15) is 0 Å². The summed E-state index contributed by atoms with van der Waals surface area (Å²) in [6.07, 6.45) is 0.184. The molecule has 242 valence electrons. The Morgan fingerprint density at radius 2 is 1.48 bits per heavy atom. The predicted molar refractivity (Wildman–Crippen MR) is 186 cm³/mol. The molecular formula is C35H36Cl3N3O4S. The Balaban J connectivity index is 1.83. The molecule has 0 saturated carbocycles. The van der Waals surface area contributed by atoms with Gasteiger partial charge >= 0.3 is 0 Å². The monoisotopic (exact) mass is 699 g/mol. The molecule has 2 amide bonds. The van der Waals surface area contributed by atoms with E-state index in [1.165, 1.54) is 23.1 Å². The number of anilines is 1. The minimum Gasteiger partial charge on any atom is -0.354 e. The number of sulfonamides is 1. The van der Waals surface area contributed by atoms with Crippen molar-refractivity contribution in [2.75, 3.05) is 17.4 Å². The zero-order chi connectivity index (χ0) is 33.4. The van der Waals surface area contributed by atoms with E-state index in [1.54, 1.807) is 55.5 Å². The molecule has 4 rings (SSSR count). The van der Waals surface area contributed by atoms with Gasteiger partial charge in [-0.25, -0.2) is 8.42 Å². The summed E-state index contributed by atoms with van der Waals surface area (Å²) < 4.78 is 29.2. The highest BCUT2D eigenvalue weighted by Crippen LogP contribution is 2.29. The third-order valence-corrected chi connectivity index (χ3v) is 10.1. The number of halogens is 3. The molecule has 0 heterocycles. The molecule has 0 fully saturated rings. The highest BCUT2D eigenvalue weighted by Gasteiger charge is 2.35. The molecule has 0 aliphatic rings. The second-order valence-electron chi connectivity index (χ2n) is 11.4. The average Bonchev–Trinajstić information content (AvgIpc) is 3.03. The molecule has 11 heteroatoms. The Morgan fingerprint density at radius 3 is 2.09 bits per heavy atom. The molecule has 0 radical (unpaired) electrons. The molecule has 1 atom stereocenters. The molecule has 7 nitrogen and oxygen atoms in total. The van der Waals surface area contributed by atoms with E-state index in [2.05, 4.69) is 5.32 Å². The number of aryl methyl sites for hydroxylation is 1. The summed E-state index contributed by atoms with van der Waals surface area (Å²) in [5.41, 5.74) is 2.33. The largest absolute Gasteiger partial charge is 0.354 e. The van der Waals surface area contributed by atoms with Crippen LogP contribution in [0, 0.1) is 12.8 Å². The van der Waals surface area contributed by atoms with E-state index in [9.17, 15) is 18.0 Å². The Labute approximate surface area is 286 Å². The normalized spacial score (nSPS) is 12.1. The number of hydrogen-bond acceptors (Lipinski definition) is 4. The van der Waals surface area contributed by atoms with Gasteiger partial charge in [0.1, 0.15) is 12.6 Å². The molecular weight excluding hydrogens is 665 g/mol. The van der Waals surface area contributed by atoms with Crippen LogP contribution in [-0.2, 0) is 32.6 Å². The highest BCUT2D eigenvalue weighted by molar-refractivity contribution is 7.92. The van der Waals surface area contributed by atoms with Crippen molar-refractivity contribution in [3.63, 3.8) is 0 Å². The number of hydrogen-bond donors (Lipinski definition) is 1. The van der Waals surface area contributed by atoms with Gasteiger partial charge < -0.3 is 10.2 Å². The summed E-state index contributed by atoms with van der Waals surface area (Å²) in [6.45, 7) is 5.46. The molecule has 46 heavy (non-hydrogen) atoms. The van der Waals surface area contributed by atoms with E-state index in [-0.39, 0.29) is 35.4 Å². The molecule has 0 aromatic heterocycles. The number of benzene rings is 4. The minimum atomic E-state index is -4.24. The van der Waals surface area contributed by atoms with Gasteiger partial charge in [-0.15, -0.1) is 0 Å². The Hall–Kier alpha value is -3.56. The van der Waals surface area contributed by atoms with Gasteiger partial charge in [0.15, 0.2) is 0 Å². The van der Waals surface area contributed by atoms with E-state index in [4.69, 9.17) is 34.8 Å². The number of carbonyl (C=O) groups excluding carboxylic acids is 2. The fourth-order valence-electron chi connectivity index (χ4n) is 4.80. The second-order valence-corrected chi connectivity index (χ2v) is 14.5. The maximum Gasteiger partial charge on any atom is 0.264 e. The van der Waals surface area contributed by atoms with Crippen molar-refractivity contribution in [3.05, 3.63) is 129 Å². The third-order valence-electron chi connectivity index (χ3n) is 7.36. The lowest BCUT2D eigenvalue weighted by molar-refractivity contribution is -0.140. The van der Waals surface area contributed by atoms with Crippen LogP contribution < -0.4 is 9.62 Å². The quantitative estimate of drug-likeness (QED) is 0.156. The minimum absolute atomic E-state index is 0.00213. The molecule has 4 aromatic carbocycles. The predicted octanol–water partition coefficient (Wildman–Crippen LogP) is 7.56. The number of amides is 2. The first-order chi connectivity index (χ1) is 21.9. The molecule has 1 N–H and O–H groups in total. The van der Waals surface area contributed by atoms with Crippen molar-refractivity contribution in [2.45, 2.75) is 44.7 Å². The summed E-state index contributed by atoms with van der Waals surface area (Å²) in [5.74, 6) is -0.816. The number of nitrogens with one attached hydrogen (secondary N) is 1. The summed E-state index contributed by atoms with van der Waals surface area (Å²) in [6, 6.07) is 25.9. The lowest BCUT2D eigenvalue weighted by Gasteiger charge is -2.34. The lowest BCUT2D eigenvalue weighted by atomic mass is 10.0.